The van der Waals surface area contributed by atoms with Crippen molar-refractivity contribution >= 4 is 34.0 Å². The lowest BCUT2D eigenvalue weighted by atomic mass is 9.78. The summed E-state index contributed by atoms with van der Waals surface area (Å²) < 4.78 is 25.4. The number of hydrogen-bond donors (Lipinski definition) is 1. The Hall–Kier alpha value is -3.89. The molecule has 2 aromatic heterocycles. The van der Waals surface area contributed by atoms with Crippen LogP contribution in [-0.4, -0.2) is 82.0 Å². The Morgan fingerprint density at radius 3 is 2.38 bits per heavy atom. The third-order valence-electron chi connectivity index (χ3n) is 12.1. The first-order valence-corrected chi connectivity index (χ1v) is 21.2. The predicted molar refractivity (Wildman–Crippen MR) is 226 cm³/mol. The molecule has 306 valence electrons. The fourth-order valence-electron chi connectivity index (χ4n) is 9.13. The molecule has 0 radical (unpaired) electrons. The number of halogens is 1. The number of rotatable bonds is 8. The van der Waals surface area contributed by atoms with Crippen LogP contribution >= 0.6 is 0 Å². The number of anilines is 1. The zero-order valence-electron chi connectivity index (χ0n) is 35.5. The number of carbonyl (C=O) groups excluding carboxylic acids is 1. The topological polar surface area (TPSA) is 101 Å². The summed E-state index contributed by atoms with van der Waals surface area (Å²) in [5, 5.41) is 13.6. The van der Waals surface area contributed by atoms with Gasteiger partial charge in [0.1, 0.15) is 18.2 Å². The van der Waals surface area contributed by atoms with Gasteiger partial charge < -0.3 is 19.5 Å². The van der Waals surface area contributed by atoms with E-state index in [4.69, 9.17) is 19.4 Å². The molecule has 1 N–H and O–H groups in total. The summed E-state index contributed by atoms with van der Waals surface area (Å²) in [6.45, 7) is 20.1. The number of piperidine rings is 1. The summed E-state index contributed by atoms with van der Waals surface area (Å²) in [5.74, 6) is 1.08. The van der Waals surface area contributed by atoms with Crippen LogP contribution in [-0.2, 0) is 16.0 Å². The third kappa shape index (κ3) is 9.12. The summed E-state index contributed by atoms with van der Waals surface area (Å²) in [5.41, 5.74) is 5.08. The zero-order chi connectivity index (χ0) is 40.6. The molecule has 9 nitrogen and oxygen atoms in total. The molecule has 0 amide bonds. The second-order valence-corrected chi connectivity index (χ2v) is 16.3. The third-order valence-corrected chi connectivity index (χ3v) is 12.1. The number of hydrogen-bond acceptors (Lipinski definition) is 9. The number of methoxy groups -OCH3 is 1. The van der Waals surface area contributed by atoms with E-state index in [1.807, 2.05) is 46.9 Å². The van der Waals surface area contributed by atoms with E-state index < -0.39 is 5.60 Å². The standard InChI is InChI=1S/C31H35FN4O2.C10H17NO2.C3H8.C2H6/c1-5-22-25(32)11-10-20-14-21(19-8-6-9-19)15-23(26(20)22)27-18(2)28-24(16-33-27)29(35-30(34-28)38-4)36-13-7-12-31(3,37)17-36;1-10-4-2-6-11(10)9(3-5-10)7-13-8-12;1-3-2;1-2/h10-11,14-16,19,37H,5-9,12-13,17H2,1-4H3;8-9H,2-7H2,1H3;3H2,1-2H3;1-2H3/t31-;9?,10-;;/m10../s1. The number of aryl methyl sites for hydroxylation is 2. The summed E-state index contributed by atoms with van der Waals surface area (Å²) in [7, 11) is 1.57. The van der Waals surface area contributed by atoms with Gasteiger partial charge in [-0.15, -0.1) is 0 Å². The Morgan fingerprint density at radius 1 is 1.00 bits per heavy atom. The summed E-state index contributed by atoms with van der Waals surface area (Å²) in [6.07, 6.45) is 14.0. The van der Waals surface area contributed by atoms with Crippen molar-refractivity contribution in [3.05, 3.63) is 53.0 Å². The summed E-state index contributed by atoms with van der Waals surface area (Å²) >= 11 is 0. The van der Waals surface area contributed by atoms with E-state index in [0.717, 1.165) is 69.3 Å². The molecule has 10 heteroatoms. The Morgan fingerprint density at radius 2 is 1.73 bits per heavy atom. The number of benzene rings is 2. The smallest absolute Gasteiger partial charge is 0.318 e. The largest absolute Gasteiger partial charge is 0.467 e. The Labute approximate surface area is 334 Å². The molecule has 0 bridgehead atoms. The van der Waals surface area contributed by atoms with E-state index in [1.54, 1.807) is 13.2 Å². The predicted octanol–water partition coefficient (Wildman–Crippen LogP) is 10.1. The van der Waals surface area contributed by atoms with Gasteiger partial charge in [0.2, 0.25) is 0 Å². The number of aliphatic hydroxyl groups is 1. The number of fused-ring (bicyclic) bond motifs is 3. The highest BCUT2D eigenvalue weighted by molar-refractivity contribution is 6.02. The van der Waals surface area contributed by atoms with Crippen molar-refractivity contribution < 1.29 is 23.8 Å². The van der Waals surface area contributed by atoms with Crippen molar-refractivity contribution in [1.29, 1.82) is 0 Å². The quantitative estimate of drug-likeness (QED) is 0.176. The molecule has 1 aliphatic carbocycles. The molecule has 56 heavy (non-hydrogen) atoms. The number of ether oxygens (including phenoxy) is 2. The lowest BCUT2D eigenvalue weighted by Crippen LogP contribution is -2.46. The second kappa shape index (κ2) is 19.0. The molecule has 1 unspecified atom stereocenters. The molecular weight excluding hydrogens is 706 g/mol. The number of nitrogens with zero attached hydrogens (tertiary/aromatic N) is 5. The minimum absolute atomic E-state index is 0.181. The van der Waals surface area contributed by atoms with Crippen LogP contribution in [0.4, 0.5) is 10.2 Å². The van der Waals surface area contributed by atoms with E-state index in [2.05, 4.69) is 47.7 Å². The molecule has 3 saturated heterocycles. The molecule has 2 aromatic carbocycles. The molecule has 1 saturated carbocycles. The molecule has 4 aromatic rings. The van der Waals surface area contributed by atoms with Gasteiger partial charge in [-0.25, -0.2) is 4.39 Å². The SMILES string of the molecule is CC.CCC.CCc1c(F)ccc2cc(C3CCC3)cc(-c3ncc4c(N5CCC[C@@](C)(O)C5)nc(OC)nc4c3C)c12.C[C@@]12CCCN1C(COC=O)CC2. The van der Waals surface area contributed by atoms with Crippen molar-refractivity contribution in [3.8, 4) is 17.3 Å². The van der Waals surface area contributed by atoms with Crippen LogP contribution < -0.4 is 9.64 Å². The highest BCUT2D eigenvalue weighted by Crippen LogP contribution is 2.44. The maximum absolute atomic E-state index is 15.0. The maximum atomic E-state index is 15.0. The van der Waals surface area contributed by atoms with Gasteiger partial charge in [-0.2, -0.15) is 9.97 Å². The summed E-state index contributed by atoms with van der Waals surface area (Å²) in [6, 6.07) is 8.73. The molecule has 0 spiro atoms. The van der Waals surface area contributed by atoms with Crippen LogP contribution in [0.2, 0.25) is 0 Å². The van der Waals surface area contributed by atoms with Gasteiger partial charge in [-0.05, 0) is 125 Å². The maximum Gasteiger partial charge on any atom is 0.318 e. The van der Waals surface area contributed by atoms with Crippen LogP contribution in [0.3, 0.4) is 0 Å². The van der Waals surface area contributed by atoms with E-state index >= 15 is 4.39 Å². The molecule has 3 aliphatic heterocycles. The molecule has 5 heterocycles. The van der Waals surface area contributed by atoms with E-state index in [-0.39, 0.29) is 11.8 Å². The fourth-order valence-corrected chi connectivity index (χ4v) is 9.13. The van der Waals surface area contributed by atoms with Crippen molar-refractivity contribution in [2.24, 2.45) is 0 Å². The van der Waals surface area contributed by atoms with Gasteiger partial charge in [-0.1, -0.05) is 59.6 Å². The monoisotopic (exact) mass is 772 g/mol. The molecule has 3 atom stereocenters. The minimum atomic E-state index is -0.785. The highest BCUT2D eigenvalue weighted by Gasteiger charge is 2.45. The molecular formula is C46H66FN5O4. The zero-order valence-corrected chi connectivity index (χ0v) is 35.5. The van der Waals surface area contributed by atoms with Crippen LogP contribution in [0.1, 0.15) is 135 Å². The normalized spacial score (nSPS) is 23.2. The van der Waals surface area contributed by atoms with Crippen molar-refractivity contribution in [2.75, 3.05) is 38.3 Å². The fraction of sp³-hybridized carbons (Fsp3) is 0.609. The van der Waals surface area contributed by atoms with Gasteiger partial charge in [0, 0.05) is 42.0 Å². The Balaban J connectivity index is 0.000000277. The van der Waals surface area contributed by atoms with E-state index in [1.165, 1.54) is 63.5 Å². The Kier molecular flexibility index (Phi) is 14.7. The minimum Gasteiger partial charge on any atom is -0.467 e. The number of carbonyl (C=O) groups is 1. The lowest BCUT2D eigenvalue weighted by molar-refractivity contribution is -0.130. The summed E-state index contributed by atoms with van der Waals surface area (Å²) in [4.78, 5) is 29.2. The van der Waals surface area contributed by atoms with E-state index in [9.17, 15) is 9.90 Å². The number of pyridine rings is 1. The average Bonchev–Trinajstić information content (AvgIpc) is 3.70. The number of β-amino-alcohol motifs (C(OH)–C–C–N with tert-alkyl or cyclic N) is 1. The average molecular weight is 772 g/mol. The van der Waals surface area contributed by atoms with Crippen LogP contribution in [0.25, 0.3) is 32.9 Å². The van der Waals surface area contributed by atoms with Crippen molar-refractivity contribution in [1.82, 2.24) is 19.9 Å². The van der Waals surface area contributed by atoms with Gasteiger partial charge in [-0.3, -0.25) is 14.7 Å². The van der Waals surface area contributed by atoms with Gasteiger partial charge in [0.25, 0.3) is 6.47 Å². The van der Waals surface area contributed by atoms with Crippen molar-refractivity contribution in [3.63, 3.8) is 0 Å². The van der Waals surface area contributed by atoms with Crippen LogP contribution in [0.5, 0.6) is 6.01 Å². The first-order valence-electron chi connectivity index (χ1n) is 21.2. The molecule has 4 aliphatic rings. The van der Waals surface area contributed by atoms with Crippen LogP contribution in [0, 0.1) is 12.7 Å². The van der Waals surface area contributed by atoms with Crippen molar-refractivity contribution in [2.45, 2.75) is 149 Å². The van der Waals surface area contributed by atoms with Crippen LogP contribution in [0.15, 0.2) is 30.5 Å². The Bertz CT molecular complexity index is 1950. The van der Waals surface area contributed by atoms with E-state index in [0.29, 0.717) is 43.5 Å². The van der Waals surface area contributed by atoms with Gasteiger partial charge in [0.05, 0.1) is 29.3 Å². The lowest BCUT2D eigenvalue weighted by Gasteiger charge is -2.37. The first kappa shape index (κ1) is 43.2. The highest BCUT2D eigenvalue weighted by atomic mass is 19.1. The molecule has 4 fully saturated rings. The van der Waals surface area contributed by atoms with Gasteiger partial charge >= 0.3 is 6.01 Å². The first-order chi connectivity index (χ1) is 27.0. The number of aromatic nitrogens is 3. The second-order valence-electron chi connectivity index (χ2n) is 16.3. The molecule has 8 rings (SSSR count). The van der Waals surface area contributed by atoms with Gasteiger partial charge in [0.15, 0.2) is 0 Å².